The number of rotatable bonds is 3. The van der Waals surface area contributed by atoms with Crippen LogP contribution in [0.1, 0.15) is 13.8 Å². The Balaban J connectivity index is 1.50. The van der Waals surface area contributed by atoms with Gasteiger partial charge in [0.25, 0.3) is 0 Å². The van der Waals surface area contributed by atoms with Crippen LogP contribution in [-0.2, 0) is 4.74 Å². The van der Waals surface area contributed by atoms with Crippen LogP contribution in [0.4, 0.5) is 5.69 Å². The summed E-state index contributed by atoms with van der Waals surface area (Å²) in [4.78, 5) is 23.2. The number of nitrogens with zero attached hydrogens (tertiary/aromatic N) is 2. The number of halogens is 1. The zero-order valence-electron chi connectivity index (χ0n) is 18.0. The highest BCUT2D eigenvalue weighted by Crippen LogP contribution is 2.29. The van der Waals surface area contributed by atoms with Crippen LogP contribution in [0.25, 0.3) is 33.2 Å². The standard InChI is InChI=1S/C26H24ClN3O2/c1-16-14-30(15-17(2)32-16)20-9-6-18(7-10-20)23-13-29-25-21(4-3-5-22(25)26(23)31)19-8-11-24(27)28-12-19/h3-13,16-17H,14-15H2,1-2H3,(H,29,31)/t16-,17+. The fourth-order valence-electron chi connectivity index (χ4n) is 4.48. The number of fused-ring (bicyclic) bond motifs is 1. The number of benzene rings is 2. The first-order valence-corrected chi connectivity index (χ1v) is 11.1. The van der Waals surface area contributed by atoms with Crippen molar-refractivity contribution in [2.75, 3.05) is 18.0 Å². The van der Waals surface area contributed by atoms with Crippen molar-refractivity contribution in [3.05, 3.63) is 82.4 Å². The molecular weight excluding hydrogens is 422 g/mol. The predicted molar refractivity (Wildman–Crippen MR) is 130 cm³/mol. The smallest absolute Gasteiger partial charge is 0.197 e. The molecule has 1 saturated heterocycles. The number of ether oxygens (including phenoxy) is 1. The minimum Gasteiger partial charge on any atom is -0.372 e. The Morgan fingerprint density at radius 1 is 0.969 bits per heavy atom. The Bertz CT molecular complexity index is 1310. The van der Waals surface area contributed by atoms with Crippen molar-refractivity contribution in [1.82, 2.24) is 9.97 Å². The third-order valence-electron chi connectivity index (χ3n) is 5.92. The predicted octanol–water partition coefficient (Wildman–Crippen LogP) is 5.52. The summed E-state index contributed by atoms with van der Waals surface area (Å²) in [5.41, 5.74) is 5.31. The molecule has 0 saturated carbocycles. The summed E-state index contributed by atoms with van der Waals surface area (Å²) in [6, 6.07) is 17.6. The fraction of sp³-hybridized carbons (Fsp3) is 0.231. The minimum atomic E-state index is 0.00360. The molecule has 32 heavy (non-hydrogen) atoms. The lowest BCUT2D eigenvalue weighted by Crippen LogP contribution is -2.45. The van der Waals surface area contributed by atoms with Crippen LogP contribution in [0.2, 0.25) is 5.15 Å². The molecule has 4 aromatic rings. The Morgan fingerprint density at radius 2 is 1.69 bits per heavy atom. The molecule has 0 radical (unpaired) electrons. The van der Waals surface area contributed by atoms with E-state index in [9.17, 15) is 4.79 Å². The third kappa shape index (κ3) is 3.90. The van der Waals surface area contributed by atoms with Crippen molar-refractivity contribution in [1.29, 1.82) is 0 Å². The van der Waals surface area contributed by atoms with Gasteiger partial charge >= 0.3 is 0 Å². The summed E-state index contributed by atoms with van der Waals surface area (Å²) in [6.45, 7) is 5.92. The van der Waals surface area contributed by atoms with Crippen LogP contribution in [0.3, 0.4) is 0 Å². The summed E-state index contributed by atoms with van der Waals surface area (Å²) in [5.74, 6) is 0. The number of H-pyrrole nitrogens is 1. The molecule has 3 heterocycles. The molecule has 162 valence electrons. The van der Waals surface area contributed by atoms with Crippen LogP contribution in [0, 0.1) is 0 Å². The number of anilines is 1. The molecule has 0 spiro atoms. The molecule has 1 aliphatic heterocycles. The van der Waals surface area contributed by atoms with Gasteiger partial charge < -0.3 is 14.6 Å². The van der Waals surface area contributed by atoms with Gasteiger partial charge in [-0.15, -0.1) is 0 Å². The van der Waals surface area contributed by atoms with E-state index in [4.69, 9.17) is 16.3 Å². The maximum absolute atomic E-state index is 13.4. The minimum absolute atomic E-state index is 0.00360. The molecule has 6 heteroatoms. The van der Waals surface area contributed by atoms with Crippen LogP contribution in [0.15, 0.2) is 71.8 Å². The van der Waals surface area contributed by atoms with Gasteiger partial charge in [0.2, 0.25) is 0 Å². The first-order valence-electron chi connectivity index (χ1n) is 10.8. The van der Waals surface area contributed by atoms with Gasteiger partial charge in [0.05, 0.1) is 17.7 Å². The largest absolute Gasteiger partial charge is 0.372 e. The van der Waals surface area contributed by atoms with Crippen molar-refractivity contribution < 1.29 is 4.74 Å². The number of pyridine rings is 2. The number of nitrogens with one attached hydrogen (secondary N) is 1. The maximum atomic E-state index is 13.4. The number of aromatic amines is 1. The van der Waals surface area contributed by atoms with E-state index in [2.05, 4.69) is 40.8 Å². The number of hydrogen-bond donors (Lipinski definition) is 1. The van der Waals surface area contributed by atoms with Crippen molar-refractivity contribution in [3.63, 3.8) is 0 Å². The van der Waals surface area contributed by atoms with Gasteiger partial charge in [-0.3, -0.25) is 4.79 Å². The molecule has 0 unspecified atom stereocenters. The monoisotopic (exact) mass is 445 g/mol. The number of aromatic nitrogens is 2. The molecule has 2 aromatic heterocycles. The molecular formula is C26H24ClN3O2. The molecule has 1 N–H and O–H groups in total. The van der Waals surface area contributed by atoms with E-state index >= 15 is 0 Å². The van der Waals surface area contributed by atoms with Gasteiger partial charge in [-0.25, -0.2) is 4.98 Å². The van der Waals surface area contributed by atoms with Crippen molar-refractivity contribution in [2.45, 2.75) is 26.1 Å². The summed E-state index contributed by atoms with van der Waals surface area (Å²) in [6.07, 6.45) is 3.92. The molecule has 5 nitrogen and oxygen atoms in total. The van der Waals surface area contributed by atoms with E-state index in [1.54, 1.807) is 18.5 Å². The van der Waals surface area contributed by atoms with Gasteiger partial charge in [0, 0.05) is 53.2 Å². The van der Waals surface area contributed by atoms with Crippen LogP contribution in [-0.4, -0.2) is 35.3 Å². The molecule has 0 bridgehead atoms. The van der Waals surface area contributed by atoms with Crippen LogP contribution in [0.5, 0.6) is 0 Å². The molecule has 1 aliphatic rings. The van der Waals surface area contributed by atoms with Gasteiger partial charge in [-0.05, 0) is 49.7 Å². The summed E-state index contributed by atoms with van der Waals surface area (Å²) < 4.78 is 5.84. The summed E-state index contributed by atoms with van der Waals surface area (Å²) in [7, 11) is 0. The molecule has 2 aromatic carbocycles. The SMILES string of the molecule is C[C@@H]1CN(c2ccc(-c3c[nH]c4c(-c5ccc(Cl)nc5)cccc4c3=O)cc2)C[C@H](C)O1. The third-order valence-corrected chi connectivity index (χ3v) is 6.14. The van der Waals surface area contributed by atoms with Crippen LogP contribution >= 0.6 is 11.6 Å². The molecule has 0 aliphatic carbocycles. The second-order valence-electron chi connectivity index (χ2n) is 8.34. The lowest BCUT2D eigenvalue weighted by molar-refractivity contribution is -0.00521. The molecule has 1 fully saturated rings. The van der Waals surface area contributed by atoms with Crippen molar-refractivity contribution in [3.8, 4) is 22.3 Å². The normalized spacial score (nSPS) is 18.8. The second-order valence-corrected chi connectivity index (χ2v) is 8.73. The maximum Gasteiger partial charge on any atom is 0.197 e. The Labute approximate surface area is 191 Å². The lowest BCUT2D eigenvalue weighted by Gasteiger charge is -2.36. The highest BCUT2D eigenvalue weighted by molar-refractivity contribution is 6.29. The highest BCUT2D eigenvalue weighted by atomic mass is 35.5. The van der Waals surface area contributed by atoms with Crippen LogP contribution < -0.4 is 10.3 Å². The zero-order valence-corrected chi connectivity index (χ0v) is 18.8. The second kappa shape index (κ2) is 8.41. The molecule has 2 atom stereocenters. The van der Waals surface area contributed by atoms with Gasteiger partial charge in [0.15, 0.2) is 5.43 Å². The van der Waals surface area contributed by atoms with E-state index in [0.29, 0.717) is 16.1 Å². The van der Waals surface area contributed by atoms with Gasteiger partial charge in [0.1, 0.15) is 5.15 Å². The Morgan fingerprint density at radius 3 is 2.38 bits per heavy atom. The number of para-hydroxylation sites is 1. The average Bonchev–Trinajstić information content (AvgIpc) is 2.79. The first kappa shape index (κ1) is 20.7. The number of morpholine rings is 1. The van der Waals surface area contributed by atoms with Crippen molar-refractivity contribution >= 4 is 28.2 Å². The number of hydrogen-bond acceptors (Lipinski definition) is 4. The van der Waals surface area contributed by atoms with E-state index in [-0.39, 0.29) is 17.6 Å². The van der Waals surface area contributed by atoms with E-state index in [0.717, 1.165) is 41.0 Å². The Kier molecular flexibility index (Phi) is 5.45. The van der Waals surface area contributed by atoms with Crippen molar-refractivity contribution in [2.24, 2.45) is 0 Å². The Hall–Kier alpha value is -3.15. The first-order chi connectivity index (χ1) is 15.5. The quantitative estimate of drug-likeness (QED) is 0.421. The lowest BCUT2D eigenvalue weighted by atomic mass is 10.00. The van der Waals surface area contributed by atoms with E-state index in [1.807, 2.05) is 36.4 Å². The topological polar surface area (TPSA) is 58.2 Å². The highest BCUT2D eigenvalue weighted by Gasteiger charge is 2.22. The van der Waals surface area contributed by atoms with E-state index < -0.39 is 0 Å². The molecule has 5 rings (SSSR count). The summed E-state index contributed by atoms with van der Waals surface area (Å²) >= 11 is 5.93. The zero-order chi connectivity index (χ0) is 22.2. The fourth-order valence-corrected chi connectivity index (χ4v) is 4.59. The average molecular weight is 446 g/mol. The summed E-state index contributed by atoms with van der Waals surface area (Å²) in [5, 5.41) is 1.09. The van der Waals surface area contributed by atoms with Gasteiger partial charge in [-0.1, -0.05) is 35.9 Å². The molecule has 0 amide bonds. The van der Waals surface area contributed by atoms with E-state index in [1.165, 1.54) is 0 Å². The van der Waals surface area contributed by atoms with Gasteiger partial charge in [-0.2, -0.15) is 0 Å².